The van der Waals surface area contributed by atoms with Crippen molar-refractivity contribution in [3.8, 4) is 0 Å². The number of piperazine rings is 1. The minimum Gasteiger partial charge on any atom is -0.325 e. The Morgan fingerprint density at radius 1 is 1.55 bits per heavy atom. The lowest BCUT2D eigenvalue weighted by Gasteiger charge is -2.33. The minimum atomic E-state index is 0. The van der Waals surface area contributed by atoms with E-state index in [0.29, 0.717) is 12.6 Å². The molecule has 0 unspecified atom stereocenters. The molecule has 1 amide bonds. The minimum absolute atomic E-state index is 0. The van der Waals surface area contributed by atoms with E-state index in [1.54, 1.807) is 11.8 Å². The second kappa shape index (κ2) is 8.52. The Balaban J connectivity index is 0.00000200. The van der Waals surface area contributed by atoms with Crippen molar-refractivity contribution in [3.63, 3.8) is 0 Å². The molecule has 1 aromatic carbocycles. The molecule has 0 bridgehead atoms. The van der Waals surface area contributed by atoms with Crippen LogP contribution in [0.3, 0.4) is 0 Å². The first kappa shape index (κ1) is 17.3. The molecule has 1 aliphatic heterocycles. The lowest BCUT2D eigenvalue weighted by molar-refractivity contribution is -0.118. The zero-order valence-corrected chi connectivity index (χ0v) is 13.5. The molecule has 4 nitrogen and oxygen atoms in total. The molecule has 1 fully saturated rings. The van der Waals surface area contributed by atoms with Gasteiger partial charge in [0.25, 0.3) is 0 Å². The van der Waals surface area contributed by atoms with Crippen molar-refractivity contribution >= 4 is 35.8 Å². The second-order valence-electron chi connectivity index (χ2n) is 4.80. The van der Waals surface area contributed by atoms with Gasteiger partial charge in [-0.15, -0.1) is 24.2 Å². The Morgan fingerprint density at radius 2 is 2.35 bits per heavy atom. The van der Waals surface area contributed by atoms with E-state index < -0.39 is 0 Å². The summed E-state index contributed by atoms with van der Waals surface area (Å²) in [5, 5.41) is 6.30. The molecule has 0 saturated carbocycles. The lowest BCUT2D eigenvalue weighted by atomic mass is 10.2. The van der Waals surface area contributed by atoms with Gasteiger partial charge in [-0.2, -0.15) is 0 Å². The van der Waals surface area contributed by atoms with Crippen LogP contribution in [-0.4, -0.2) is 49.3 Å². The highest BCUT2D eigenvalue weighted by atomic mass is 35.5. The number of thioether (sulfide) groups is 1. The van der Waals surface area contributed by atoms with Crippen LogP contribution < -0.4 is 10.6 Å². The molecule has 6 heteroatoms. The summed E-state index contributed by atoms with van der Waals surface area (Å²) in [6, 6.07) is 8.35. The first-order valence-electron chi connectivity index (χ1n) is 6.57. The molecule has 0 aromatic heterocycles. The fraction of sp³-hybridized carbons (Fsp3) is 0.500. The highest BCUT2D eigenvalue weighted by molar-refractivity contribution is 7.98. The van der Waals surface area contributed by atoms with Crippen LogP contribution >= 0.6 is 24.2 Å². The average Bonchev–Trinajstić information content (AvgIpc) is 2.41. The number of carbonyl (C=O) groups excluding carboxylic acids is 1. The monoisotopic (exact) mass is 315 g/mol. The van der Waals surface area contributed by atoms with E-state index in [4.69, 9.17) is 0 Å². The van der Waals surface area contributed by atoms with Crippen molar-refractivity contribution in [2.45, 2.75) is 17.9 Å². The first-order valence-corrected chi connectivity index (χ1v) is 7.80. The van der Waals surface area contributed by atoms with Crippen molar-refractivity contribution < 1.29 is 4.79 Å². The zero-order valence-electron chi connectivity index (χ0n) is 11.9. The maximum Gasteiger partial charge on any atom is 0.238 e. The van der Waals surface area contributed by atoms with E-state index in [1.165, 1.54) is 0 Å². The number of hydrogen-bond donors (Lipinski definition) is 2. The van der Waals surface area contributed by atoms with Crippen LogP contribution in [0.15, 0.2) is 29.2 Å². The summed E-state index contributed by atoms with van der Waals surface area (Å²) in [5.74, 6) is 0.0620. The number of nitrogens with zero attached hydrogens (tertiary/aromatic N) is 1. The van der Waals surface area contributed by atoms with Crippen LogP contribution in [0.5, 0.6) is 0 Å². The van der Waals surface area contributed by atoms with Crippen molar-refractivity contribution in [3.05, 3.63) is 24.3 Å². The number of carbonyl (C=O) groups is 1. The van der Waals surface area contributed by atoms with Crippen LogP contribution in [0.2, 0.25) is 0 Å². The molecule has 20 heavy (non-hydrogen) atoms. The Kier molecular flexibility index (Phi) is 7.37. The second-order valence-corrected chi connectivity index (χ2v) is 5.68. The highest BCUT2D eigenvalue weighted by Gasteiger charge is 2.20. The van der Waals surface area contributed by atoms with Crippen LogP contribution in [0, 0.1) is 0 Å². The van der Waals surface area contributed by atoms with Gasteiger partial charge in [-0.05, 0) is 31.4 Å². The van der Waals surface area contributed by atoms with Crippen molar-refractivity contribution in [1.82, 2.24) is 10.2 Å². The van der Waals surface area contributed by atoms with Gasteiger partial charge in [-0.3, -0.25) is 9.69 Å². The van der Waals surface area contributed by atoms with Gasteiger partial charge in [0.05, 0.1) is 6.54 Å². The molecule has 1 aromatic rings. The maximum atomic E-state index is 12.0. The smallest absolute Gasteiger partial charge is 0.238 e. The lowest BCUT2D eigenvalue weighted by Crippen LogP contribution is -2.51. The van der Waals surface area contributed by atoms with Crippen LogP contribution in [0.25, 0.3) is 0 Å². The van der Waals surface area contributed by atoms with E-state index in [2.05, 4.69) is 22.5 Å². The van der Waals surface area contributed by atoms with Crippen LogP contribution in [0.1, 0.15) is 6.92 Å². The molecule has 112 valence electrons. The molecule has 1 heterocycles. The summed E-state index contributed by atoms with van der Waals surface area (Å²) in [7, 11) is 0. The van der Waals surface area contributed by atoms with Gasteiger partial charge in [0.2, 0.25) is 5.91 Å². The summed E-state index contributed by atoms with van der Waals surface area (Å²) in [4.78, 5) is 15.4. The number of rotatable bonds is 4. The molecule has 0 radical (unpaired) electrons. The zero-order chi connectivity index (χ0) is 13.7. The first-order chi connectivity index (χ1) is 9.19. The van der Waals surface area contributed by atoms with Gasteiger partial charge < -0.3 is 10.6 Å². The van der Waals surface area contributed by atoms with E-state index in [-0.39, 0.29) is 18.3 Å². The predicted octanol–water partition coefficient (Wildman–Crippen LogP) is 2.06. The van der Waals surface area contributed by atoms with E-state index >= 15 is 0 Å². The topological polar surface area (TPSA) is 44.4 Å². The number of halogens is 1. The molecule has 2 rings (SSSR count). The molecule has 1 saturated heterocycles. The number of anilines is 1. The molecule has 0 aliphatic carbocycles. The molecule has 1 atom stereocenters. The van der Waals surface area contributed by atoms with E-state index in [1.807, 2.05) is 30.5 Å². The van der Waals surface area contributed by atoms with Crippen molar-refractivity contribution in [2.24, 2.45) is 0 Å². The summed E-state index contributed by atoms with van der Waals surface area (Å²) >= 11 is 1.68. The Labute approximate surface area is 131 Å². The van der Waals surface area contributed by atoms with Gasteiger partial charge in [-0.1, -0.05) is 6.07 Å². The third-order valence-electron chi connectivity index (χ3n) is 3.34. The fourth-order valence-electron chi connectivity index (χ4n) is 2.20. The maximum absolute atomic E-state index is 12.0. The van der Waals surface area contributed by atoms with E-state index in [0.717, 1.165) is 30.2 Å². The highest BCUT2D eigenvalue weighted by Crippen LogP contribution is 2.18. The molecular weight excluding hydrogens is 294 g/mol. The predicted molar refractivity (Wildman–Crippen MR) is 88.0 cm³/mol. The van der Waals surface area contributed by atoms with Gasteiger partial charge in [0.15, 0.2) is 0 Å². The largest absolute Gasteiger partial charge is 0.325 e. The van der Waals surface area contributed by atoms with Crippen LogP contribution in [-0.2, 0) is 4.79 Å². The average molecular weight is 316 g/mol. The third-order valence-corrected chi connectivity index (χ3v) is 4.06. The SMILES string of the molecule is CSc1cccc(NC(=O)CN2CCNC[C@@H]2C)c1.Cl. The Bertz CT molecular complexity index is 444. The Morgan fingerprint density at radius 3 is 3.05 bits per heavy atom. The number of amides is 1. The summed E-state index contributed by atoms with van der Waals surface area (Å²) < 4.78 is 0. The number of hydrogen-bond acceptors (Lipinski definition) is 4. The molecular formula is C14H22ClN3OS. The van der Waals surface area contributed by atoms with Crippen molar-refractivity contribution in [2.75, 3.05) is 37.8 Å². The quantitative estimate of drug-likeness (QED) is 0.835. The molecule has 2 N–H and O–H groups in total. The van der Waals surface area contributed by atoms with Crippen LogP contribution in [0.4, 0.5) is 5.69 Å². The van der Waals surface area contributed by atoms with E-state index in [9.17, 15) is 4.79 Å². The summed E-state index contributed by atoms with van der Waals surface area (Å²) in [6.07, 6.45) is 2.03. The number of benzene rings is 1. The molecule has 0 spiro atoms. The van der Waals surface area contributed by atoms with Gasteiger partial charge in [0.1, 0.15) is 0 Å². The summed E-state index contributed by atoms with van der Waals surface area (Å²) in [6.45, 7) is 5.45. The standard InChI is InChI=1S/C14H21N3OS.ClH/c1-11-9-15-6-7-17(11)10-14(18)16-12-4-3-5-13(8-12)19-2;/h3-5,8,11,15H,6-7,9-10H2,1-2H3,(H,16,18);1H/t11-;/m0./s1. The normalized spacial score (nSPS) is 19.2. The Hall–Kier alpha value is -0.750. The fourth-order valence-corrected chi connectivity index (χ4v) is 2.66. The number of nitrogens with one attached hydrogen (secondary N) is 2. The van der Waals surface area contributed by atoms with Gasteiger partial charge >= 0.3 is 0 Å². The van der Waals surface area contributed by atoms with Gasteiger partial charge in [0, 0.05) is 36.3 Å². The molecule has 1 aliphatic rings. The van der Waals surface area contributed by atoms with Gasteiger partial charge in [-0.25, -0.2) is 0 Å². The van der Waals surface area contributed by atoms with Crippen molar-refractivity contribution in [1.29, 1.82) is 0 Å². The third kappa shape index (κ3) is 4.98. The summed E-state index contributed by atoms with van der Waals surface area (Å²) in [5.41, 5.74) is 0.875.